The van der Waals surface area contributed by atoms with Gasteiger partial charge in [0.2, 0.25) is 0 Å². The van der Waals surface area contributed by atoms with E-state index in [2.05, 4.69) is 18.7 Å². The fourth-order valence-electron chi connectivity index (χ4n) is 4.98. The molecule has 0 aromatic rings. The summed E-state index contributed by atoms with van der Waals surface area (Å²) in [5.41, 5.74) is 0. The van der Waals surface area contributed by atoms with Crippen molar-refractivity contribution in [3.05, 3.63) is 0 Å². The zero-order chi connectivity index (χ0) is 29.4. The van der Waals surface area contributed by atoms with Crippen molar-refractivity contribution >= 4 is 11.9 Å². The van der Waals surface area contributed by atoms with Crippen LogP contribution in [0.2, 0.25) is 0 Å². The van der Waals surface area contributed by atoms with Crippen molar-refractivity contribution in [3.63, 3.8) is 0 Å². The molecule has 0 spiro atoms. The predicted octanol–water partition coefficient (Wildman–Crippen LogP) is 8.77. The molecule has 0 bridgehead atoms. The average molecular weight is 570 g/mol. The smallest absolute Gasteiger partial charge is 0.307 e. The highest BCUT2D eigenvalue weighted by Gasteiger charge is 2.12. The summed E-state index contributed by atoms with van der Waals surface area (Å²) in [6.45, 7) is 7.59. The molecule has 0 aromatic carbocycles. The molecule has 0 fully saturated rings. The van der Waals surface area contributed by atoms with Crippen LogP contribution in [0.1, 0.15) is 168 Å². The van der Waals surface area contributed by atoms with E-state index in [0.29, 0.717) is 39.1 Å². The standard InChI is InChI=1S/C34H67NO5/c1-3-5-7-9-11-13-15-17-19-23-31-39-33(37)25-28-35(27-21-22-30-36)29-26-34(38)40-32-24-20-18-16-14-12-10-8-6-4-2/h36H,3-32H2,1-2H3. The lowest BCUT2D eigenvalue weighted by atomic mass is 10.1. The summed E-state index contributed by atoms with van der Waals surface area (Å²) >= 11 is 0. The molecule has 0 aromatic heterocycles. The van der Waals surface area contributed by atoms with E-state index in [0.717, 1.165) is 45.1 Å². The average Bonchev–Trinajstić information content (AvgIpc) is 2.95. The number of carbonyl (C=O) groups excluding carboxylic acids is 2. The van der Waals surface area contributed by atoms with E-state index in [1.165, 1.54) is 103 Å². The Balaban J connectivity index is 3.85. The number of nitrogens with zero attached hydrogens (tertiary/aromatic N) is 1. The van der Waals surface area contributed by atoms with Gasteiger partial charge in [0.25, 0.3) is 0 Å². The first-order chi connectivity index (χ1) is 19.6. The number of ether oxygens (including phenoxy) is 2. The van der Waals surface area contributed by atoms with Crippen LogP contribution in [0.4, 0.5) is 0 Å². The molecule has 0 heterocycles. The molecular formula is C34H67NO5. The number of unbranched alkanes of at least 4 members (excludes halogenated alkanes) is 19. The maximum atomic E-state index is 12.2. The minimum absolute atomic E-state index is 0.161. The van der Waals surface area contributed by atoms with E-state index in [-0.39, 0.29) is 18.5 Å². The summed E-state index contributed by atoms with van der Waals surface area (Å²) in [5, 5.41) is 9.11. The number of esters is 2. The van der Waals surface area contributed by atoms with Gasteiger partial charge in [-0.2, -0.15) is 0 Å². The van der Waals surface area contributed by atoms with Crippen molar-refractivity contribution in [1.82, 2.24) is 4.90 Å². The highest BCUT2D eigenvalue weighted by molar-refractivity contribution is 5.70. The molecule has 0 amide bonds. The lowest BCUT2D eigenvalue weighted by Crippen LogP contribution is -2.31. The zero-order valence-electron chi connectivity index (χ0n) is 26.7. The number of hydrogen-bond donors (Lipinski definition) is 1. The lowest BCUT2D eigenvalue weighted by molar-refractivity contribution is -0.144. The summed E-state index contributed by atoms with van der Waals surface area (Å²) in [6, 6.07) is 0. The van der Waals surface area contributed by atoms with Crippen molar-refractivity contribution in [1.29, 1.82) is 0 Å². The Kier molecular flexibility index (Phi) is 31.5. The van der Waals surface area contributed by atoms with E-state index < -0.39 is 0 Å². The summed E-state index contributed by atoms with van der Waals surface area (Å²) in [6.07, 6.45) is 27.5. The van der Waals surface area contributed by atoms with E-state index >= 15 is 0 Å². The number of rotatable bonds is 32. The summed E-state index contributed by atoms with van der Waals surface area (Å²) in [5.74, 6) is -0.321. The van der Waals surface area contributed by atoms with Crippen molar-refractivity contribution in [3.8, 4) is 0 Å². The minimum Gasteiger partial charge on any atom is -0.466 e. The van der Waals surface area contributed by atoms with Gasteiger partial charge < -0.3 is 19.5 Å². The van der Waals surface area contributed by atoms with Crippen LogP contribution >= 0.6 is 0 Å². The van der Waals surface area contributed by atoms with Gasteiger partial charge in [0.15, 0.2) is 0 Å². The van der Waals surface area contributed by atoms with Gasteiger partial charge in [-0.3, -0.25) is 9.59 Å². The Bertz CT molecular complexity index is 500. The molecule has 40 heavy (non-hydrogen) atoms. The van der Waals surface area contributed by atoms with Gasteiger partial charge >= 0.3 is 11.9 Å². The molecule has 6 heteroatoms. The minimum atomic E-state index is -0.161. The second-order valence-corrected chi connectivity index (χ2v) is 11.6. The Hall–Kier alpha value is -1.14. The van der Waals surface area contributed by atoms with Crippen LogP contribution < -0.4 is 0 Å². The third kappa shape index (κ3) is 29.8. The topological polar surface area (TPSA) is 76.1 Å². The second-order valence-electron chi connectivity index (χ2n) is 11.6. The third-order valence-electron chi connectivity index (χ3n) is 7.67. The van der Waals surface area contributed by atoms with Crippen LogP contribution in [0.3, 0.4) is 0 Å². The van der Waals surface area contributed by atoms with E-state index in [1.807, 2.05) is 0 Å². The van der Waals surface area contributed by atoms with Crippen LogP contribution in [-0.2, 0) is 19.1 Å². The maximum Gasteiger partial charge on any atom is 0.307 e. The number of aliphatic hydroxyl groups is 1. The van der Waals surface area contributed by atoms with Crippen LogP contribution in [0, 0.1) is 0 Å². The number of carbonyl (C=O) groups is 2. The van der Waals surface area contributed by atoms with Crippen LogP contribution in [-0.4, -0.2) is 61.4 Å². The molecule has 0 radical (unpaired) electrons. The number of hydrogen-bond acceptors (Lipinski definition) is 6. The molecule has 0 unspecified atom stereocenters. The Morgan fingerprint density at radius 3 is 1.18 bits per heavy atom. The molecule has 6 nitrogen and oxygen atoms in total. The molecule has 0 saturated carbocycles. The third-order valence-corrected chi connectivity index (χ3v) is 7.67. The van der Waals surface area contributed by atoms with Gasteiger partial charge in [0, 0.05) is 19.7 Å². The van der Waals surface area contributed by atoms with Crippen LogP contribution in [0.25, 0.3) is 0 Å². The largest absolute Gasteiger partial charge is 0.466 e. The molecule has 238 valence electrons. The van der Waals surface area contributed by atoms with Gasteiger partial charge in [-0.25, -0.2) is 0 Å². The fraction of sp³-hybridized carbons (Fsp3) is 0.941. The van der Waals surface area contributed by atoms with Crippen LogP contribution in [0.15, 0.2) is 0 Å². The summed E-state index contributed by atoms with van der Waals surface area (Å²) < 4.78 is 10.9. The molecule has 0 aliphatic rings. The first-order valence-electron chi connectivity index (χ1n) is 17.3. The zero-order valence-corrected chi connectivity index (χ0v) is 26.7. The van der Waals surface area contributed by atoms with Crippen LogP contribution in [0.5, 0.6) is 0 Å². The molecular weight excluding hydrogens is 502 g/mol. The Morgan fingerprint density at radius 2 is 0.825 bits per heavy atom. The van der Waals surface area contributed by atoms with Crippen molar-refractivity contribution in [2.75, 3.05) is 39.5 Å². The van der Waals surface area contributed by atoms with Crippen molar-refractivity contribution in [2.24, 2.45) is 0 Å². The second kappa shape index (κ2) is 32.4. The maximum absolute atomic E-state index is 12.2. The highest BCUT2D eigenvalue weighted by atomic mass is 16.5. The van der Waals surface area contributed by atoms with Gasteiger partial charge in [0.1, 0.15) is 0 Å². The molecule has 0 saturated heterocycles. The Labute approximate surface area is 248 Å². The fourth-order valence-corrected chi connectivity index (χ4v) is 4.98. The van der Waals surface area contributed by atoms with Crippen molar-refractivity contribution < 1.29 is 24.2 Å². The Morgan fingerprint density at radius 1 is 0.475 bits per heavy atom. The molecule has 0 atom stereocenters. The normalized spacial score (nSPS) is 11.3. The summed E-state index contributed by atoms with van der Waals surface area (Å²) in [7, 11) is 0. The highest BCUT2D eigenvalue weighted by Crippen LogP contribution is 2.12. The van der Waals surface area contributed by atoms with E-state index in [9.17, 15) is 9.59 Å². The molecule has 0 aliphatic carbocycles. The summed E-state index contributed by atoms with van der Waals surface area (Å²) in [4.78, 5) is 26.6. The molecule has 0 aliphatic heterocycles. The monoisotopic (exact) mass is 570 g/mol. The first kappa shape index (κ1) is 38.9. The van der Waals surface area contributed by atoms with Gasteiger partial charge in [-0.05, 0) is 32.2 Å². The predicted molar refractivity (Wildman–Crippen MR) is 168 cm³/mol. The van der Waals surface area contributed by atoms with E-state index in [1.54, 1.807) is 0 Å². The quantitative estimate of drug-likeness (QED) is 0.0644. The molecule has 1 N–H and O–H groups in total. The van der Waals surface area contributed by atoms with Gasteiger partial charge in [0.05, 0.1) is 26.1 Å². The van der Waals surface area contributed by atoms with Gasteiger partial charge in [-0.1, -0.05) is 129 Å². The van der Waals surface area contributed by atoms with E-state index in [4.69, 9.17) is 14.6 Å². The first-order valence-corrected chi connectivity index (χ1v) is 17.3. The molecule has 0 rings (SSSR count). The lowest BCUT2D eigenvalue weighted by Gasteiger charge is -2.21. The van der Waals surface area contributed by atoms with Gasteiger partial charge in [-0.15, -0.1) is 0 Å². The number of aliphatic hydroxyl groups excluding tert-OH is 1. The van der Waals surface area contributed by atoms with Crippen molar-refractivity contribution in [2.45, 2.75) is 168 Å². The SMILES string of the molecule is CCCCCCCCCCCCOC(=O)CCN(CCCCO)CCC(=O)OCCCCCCCCCCCC.